The van der Waals surface area contributed by atoms with Crippen LogP contribution in [0.1, 0.15) is 34.0 Å². The second-order valence-electron chi connectivity index (χ2n) is 7.76. The average Bonchev–Trinajstić information content (AvgIpc) is 3.33. The van der Waals surface area contributed by atoms with Gasteiger partial charge in [0.05, 0.1) is 26.0 Å². The molecule has 2 N–H and O–H groups in total. The number of carbonyl (C=O) groups is 2. The van der Waals surface area contributed by atoms with Gasteiger partial charge in [-0.15, -0.1) is 0 Å². The van der Waals surface area contributed by atoms with Crippen molar-refractivity contribution in [3.63, 3.8) is 0 Å². The van der Waals surface area contributed by atoms with E-state index in [1.54, 1.807) is 13.0 Å². The van der Waals surface area contributed by atoms with Crippen LogP contribution in [0.3, 0.4) is 0 Å². The number of aromatic nitrogens is 2. The molecule has 2 aliphatic rings. The number of rotatable bonds is 7. The Morgan fingerprint density at radius 2 is 2.03 bits per heavy atom. The van der Waals surface area contributed by atoms with Crippen molar-refractivity contribution >= 4 is 17.6 Å². The van der Waals surface area contributed by atoms with Crippen molar-refractivity contribution in [2.24, 2.45) is 5.16 Å². The van der Waals surface area contributed by atoms with E-state index in [9.17, 15) is 14.0 Å². The second kappa shape index (κ2) is 10.1. The number of amides is 1. The molecule has 1 amide bonds. The van der Waals surface area contributed by atoms with E-state index in [1.807, 2.05) is 0 Å². The Labute approximate surface area is 193 Å². The van der Waals surface area contributed by atoms with Gasteiger partial charge in [-0.05, 0) is 30.7 Å². The van der Waals surface area contributed by atoms with Crippen LogP contribution in [0, 0.1) is 12.7 Å². The molecule has 1 saturated heterocycles. The fourth-order valence-corrected chi connectivity index (χ4v) is 3.54. The Morgan fingerprint density at radius 1 is 1.21 bits per heavy atom. The molecule has 4 rings (SSSR count). The number of nitrogens with zero attached hydrogens (tertiary/aromatic N) is 3. The summed E-state index contributed by atoms with van der Waals surface area (Å²) < 4.78 is 29.4. The second-order valence-corrected chi connectivity index (χ2v) is 7.76. The van der Waals surface area contributed by atoms with Gasteiger partial charge in [-0.1, -0.05) is 11.2 Å². The van der Waals surface area contributed by atoms with Gasteiger partial charge in [0.2, 0.25) is 0 Å². The van der Waals surface area contributed by atoms with Crippen LogP contribution in [0.25, 0.3) is 0 Å². The lowest BCUT2D eigenvalue weighted by Gasteiger charge is -2.29. The molecule has 180 valence electrons. The zero-order valence-corrected chi connectivity index (χ0v) is 18.5. The first-order chi connectivity index (χ1) is 16.3. The summed E-state index contributed by atoms with van der Waals surface area (Å²) in [5.41, 5.74) is 1.75. The Balaban J connectivity index is 1.38. The maximum Gasteiger partial charge on any atom is 0.335 e. The van der Waals surface area contributed by atoms with Gasteiger partial charge in [-0.2, -0.15) is 0 Å². The van der Waals surface area contributed by atoms with Gasteiger partial charge < -0.3 is 29.5 Å². The number of nitrogens with one attached hydrogen (secondary N) is 1. The molecule has 2 aliphatic heterocycles. The molecule has 3 heterocycles. The maximum absolute atomic E-state index is 13.6. The smallest absolute Gasteiger partial charge is 0.335 e. The number of methoxy groups -OCH3 is 1. The zero-order chi connectivity index (χ0) is 24.2. The number of aliphatic carboxylic acids is 1. The van der Waals surface area contributed by atoms with Crippen molar-refractivity contribution in [3.8, 4) is 5.75 Å². The van der Waals surface area contributed by atoms with Crippen molar-refractivity contribution < 1.29 is 38.1 Å². The Hall–Kier alpha value is -3.64. The highest BCUT2D eigenvalue weighted by atomic mass is 19.1. The van der Waals surface area contributed by atoms with E-state index in [1.165, 1.54) is 25.3 Å². The molecular formula is C22H23FN4O7. The highest BCUT2D eigenvalue weighted by molar-refractivity contribution is 6.02. The fourth-order valence-electron chi connectivity index (χ4n) is 3.54. The summed E-state index contributed by atoms with van der Waals surface area (Å²) in [5.74, 6) is -1.54. The van der Waals surface area contributed by atoms with Crippen molar-refractivity contribution in [3.05, 3.63) is 52.9 Å². The van der Waals surface area contributed by atoms with Crippen molar-refractivity contribution in [2.45, 2.75) is 38.2 Å². The molecular weight excluding hydrogens is 451 g/mol. The van der Waals surface area contributed by atoms with Crippen LogP contribution >= 0.6 is 0 Å². The Morgan fingerprint density at radius 3 is 2.74 bits per heavy atom. The number of carboxylic acids is 1. The van der Waals surface area contributed by atoms with Crippen LogP contribution in [0.4, 0.5) is 4.39 Å². The number of carboxylic acid groups (broad SMARTS) is 1. The number of halogens is 1. The molecule has 0 aliphatic carbocycles. The van der Waals surface area contributed by atoms with Crippen LogP contribution in [-0.2, 0) is 25.7 Å². The van der Waals surface area contributed by atoms with Gasteiger partial charge in [-0.3, -0.25) is 4.79 Å². The third-order valence-corrected chi connectivity index (χ3v) is 5.34. The van der Waals surface area contributed by atoms with E-state index in [0.29, 0.717) is 29.2 Å². The molecule has 2 aromatic rings. The predicted molar refractivity (Wildman–Crippen MR) is 114 cm³/mol. The van der Waals surface area contributed by atoms with E-state index >= 15 is 0 Å². The summed E-state index contributed by atoms with van der Waals surface area (Å²) in [7, 11) is 1.37. The van der Waals surface area contributed by atoms with Crippen LogP contribution < -0.4 is 10.1 Å². The lowest BCUT2D eigenvalue weighted by molar-refractivity contribution is -0.190. The number of oxime groups is 1. The summed E-state index contributed by atoms with van der Waals surface area (Å²) in [6.07, 6.45) is -1.60. The third-order valence-electron chi connectivity index (χ3n) is 5.34. The quantitative estimate of drug-likeness (QED) is 0.606. The summed E-state index contributed by atoms with van der Waals surface area (Å²) in [5, 5.41) is 15.8. The molecule has 0 bridgehead atoms. The molecule has 0 spiro atoms. The van der Waals surface area contributed by atoms with Crippen molar-refractivity contribution in [2.75, 3.05) is 20.3 Å². The molecule has 1 fully saturated rings. The minimum Gasteiger partial charge on any atom is -0.494 e. The van der Waals surface area contributed by atoms with Gasteiger partial charge in [0.25, 0.3) is 5.91 Å². The number of carbonyl (C=O) groups excluding carboxylic acids is 1. The summed E-state index contributed by atoms with van der Waals surface area (Å²) in [6, 6.07) is 5.84. The maximum atomic E-state index is 13.6. The molecule has 1 aromatic heterocycles. The lowest BCUT2D eigenvalue weighted by atomic mass is 10.0. The lowest BCUT2D eigenvalue weighted by Crippen LogP contribution is -2.45. The Kier molecular flexibility index (Phi) is 6.98. The summed E-state index contributed by atoms with van der Waals surface area (Å²) in [6.45, 7) is 1.79. The number of hydrogen-bond acceptors (Lipinski definition) is 9. The summed E-state index contributed by atoms with van der Waals surface area (Å²) in [4.78, 5) is 37.7. The molecule has 1 unspecified atom stereocenters. The number of ether oxygens (including phenoxy) is 3. The monoisotopic (exact) mass is 474 g/mol. The molecule has 34 heavy (non-hydrogen) atoms. The summed E-state index contributed by atoms with van der Waals surface area (Å²) >= 11 is 0. The highest BCUT2D eigenvalue weighted by Crippen LogP contribution is 2.23. The van der Waals surface area contributed by atoms with Crippen LogP contribution in [0.5, 0.6) is 5.75 Å². The minimum atomic E-state index is -1.08. The normalized spacial score (nSPS) is 22.0. The van der Waals surface area contributed by atoms with Gasteiger partial charge >= 0.3 is 5.97 Å². The highest BCUT2D eigenvalue weighted by Gasteiger charge is 2.37. The van der Waals surface area contributed by atoms with E-state index in [0.717, 1.165) is 0 Å². The average molecular weight is 474 g/mol. The van der Waals surface area contributed by atoms with Gasteiger partial charge in [-0.25, -0.2) is 19.2 Å². The largest absolute Gasteiger partial charge is 0.494 e. The first-order valence-corrected chi connectivity index (χ1v) is 10.5. The van der Waals surface area contributed by atoms with Gasteiger partial charge in [0, 0.05) is 13.0 Å². The fraction of sp³-hybridized carbons (Fsp3) is 0.409. The zero-order valence-electron chi connectivity index (χ0n) is 18.5. The van der Waals surface area contributed by atoms with Crippen molar-refractivity contribution in [1.29, 1.82) is 0 Å². The molecule has 0 radical (unpaired) electrons. The first-order valence-electron chi connectivity index (χ1n) is 10.5. The van der Waals surface area contributed by atoms with Crippen LogP contribution in [0.15, 0.2) is 29.4 Å². The van der Waals surface area contributed by atoms with Crippen LogP contribution in [-0.4, -0.2) is 71.3 Å². The SMILES string of the molecule is COc1cc(CNC(=O)c2cc(C3=NOC([C@H]4CO[C@H](C(=O)O)CO4)C3)nc(C)n2)ccc1F. The first kappa shape index (κ1) is 23.5. The van der Waals surface area contributed by atoms with Gasteiger partial charge in [0.1, 0.15) is 23.3 Å². The van der Waals surface area contributed by atoms with Gasteiger partial charge in [0.15, 0.2) is 23.8 Å². The molecule has 0 saturated carbocycles. The van der Waals surface area contributed by atoms with E-state index in [4.69, 9.17) is 24.2 Å². The van der Waals surface area contributed by atoms with E-state index in [2.05, 4.69) is 20.4 Å². The van der Waals surface area contributed by atoms with Crippen LogP contribution in [0.2, 0.25) is 0 Å². The number of benzene rings is 1. The van der Waals surface area contributed by atoms with E-state index in [-0.39, 0.29) is 31.2 Å². The number of aryl methyl sites for hydroxylation is 1. The molecule has 11 nitrogen and oxygen atoms in total. The third kappa shape index (κ3) is 5.29. The van der Waals surface area contributed by atoms with E-state index < -0.39 is 36.0 Å². The Bertz CT molecular complexity index is 1120. The molecule has 12 heteroatoms. The topological polar surface area (TPSA) is 141 Å². The molecule has 3 atom stereocenters. The minimum absolute atomic E-state index is 0.0645. The number of hydrogen-bond donors (Lipinski definition) is 2. The van der Waals surface area contributed by atoms with Crippen molar-refractivity contribution in [1.82, 2.24) is 15.3 Å². The standard InChI is InChI=1S/C22H23FN4O7/c1-11-25-14(15-7-18(34-27-15)19-9-33-20(10-32-19)22(29)30)6-16(26-11)21(28)24-8-12-3-4-13(23)17(5-12)31-2/h3-6,18-20H,7-10H2,1-2H3,(H,24,28)(H,29,30)/t18?,19-,20+/m1/s1. The predicted octanol–water partition coefficient (Wildman–Crippen LogP) is 1.22. The molecule has 1 aromatic carbocycles.